The van der Waals surface area contributed by atoms with Crippen LogP contribution in [0.5, 0.6) is 0 Å². The number of thiophene rings is 1. The van der Waals surface area contributed by atoms with Crippen LogP contribution in [0.15, 0.2) is 6.07 Å². The molecule has 0 saturated carbocycles. The van der Waals surface area contributed by atoms with Gasteiger partial charge in [0.25, 0.3) is 5.91 Å². The molecule has 0 aliphatic rings. The van der Waals surface area contributed by atoms with Gasteiger partial charge in [-0.3, -0.25) is 9.63 Å². The van der Waals surface area contributed by atoms with Gasteiger partial charge in [0.15, 0.2) is 0 Å². The largest absolute Gasteiger partial charge is 0.277 e. The Morgan fingerprint density at radius 3 is 2.75 bits per heavy atom. The Balaban J connectivity index is 2.87. The summed E-state index contributed by atoms with van der Waals surface area (Å²) in [6, 6.07) is 1.49. The molecule has 1 aromatic rings. The molecule has 0 aliphatic heterocycles. The molecule has 0 aromatic carbocycles. The highest BCUT2D eigenvalue weighted by Gasteiger charge is 2.13. The van der Waals surface area contributed by atoms with Gasteiger partial charge in [0, 0.05) is 0 Å². The van der Waals surface area contributed by atoms with Crippen molar-refractivity contribution >= 4 is 40.4 Å². The fourth-order valence-electron chi connectivity index (χ4n) is 0.643. The minimum Gasteiger partial charge on any atom is -0.277 e. The maximum absolute atomic E-state index is 11.1. The van der Waals surface area contributed by atoms with E-state index in [0.29, 0.717) is 14.2 Å². The van der Waals surface area contributed by atoms with Crippen LogP contribution >= 0.6 is 34.5 Å². The predicted octanol–water partition coefficient (Wildman–Crippen LogP) is 2.35. The number of carbonyl (C=O) groups excluding carboxylic acids is 1. The molecule has 1 heterocycles. The van der Waals surface area contributed by atoms with E-state index in [-0.39, 0.29) is 0 Å². The molecule has 0 radical (unpaired) electrons. The highest BCUT2D eigenvalue weighted by molar-refractivity contribution is 7.20. The average Bonchev–Trinajstić information content (AvgIpc) is 2.30. The lowest BCUT2D eigenvalue weighted by Crippen LogP contribution is -2.21. The van der Waals surface area contributed by atoms with Crippen molar-refractivity contribution in [2.24, 2.45) is 0 Å². The summed E-state index contributed by atoms with van der Waals surface area (Å²) in [7, 11) is 1.35. The molecule has 12 heavy (non-hydrogen) atoms. The zero-order valence-corrected chi connectivity index (χ0v) is 8.39. The summed E-state index contributed by atoms with van der Waals surface area (Å²) in [5.41, 5.74) is 2.47. The third-order valence-electron chi connectivity index (χ3n) is 1.10. The summed E-state index contributed by atoms with van der Waals surface area (Å²) in [5, 5.41) is 0. The first kappa shape index (κ1) is 9.80. The SMILES string of the molecule is CONC(=O)c1cc(Cl)sc1Cl. The summed E-state index contributed by atoms with van der Waals surface area (Å²) in [6.07, 6.45) is 0. The number of hydrogen-bond donors (Lipinski definition) is 1. The van der Waals surface area contributed by atoms with E-state index in [4.69, 9.17) is 23.2 Å². The lowest BCUT2D eigenvalue weighted by atomic mass is 10.3. The highest BCUT2D eigenvalue weighted by Crippen LogP contribution is 2.30. The minimum absolute atomic E-state index is 0.327. The van der Waals surface area contributed by atoms with Crippen molar-refractivity contribution in [3.8, 4) is 0 Å². The van der Waals surface area contributed by atoms with Gasteiger partial charge in [0.2, 0.25) is 0 Å². The fraction of sp³-hybridized carbons (Fsp3) is 0.167. The standard InChI is InChI=1S/C6H5Cl2NO2S/c1-11-9-6(10)3-2-4(7)12-5(3)8/h2H,1H3,(H,9,10). The molecule has 0 saturated heterocycles. The lowest BCUT2D eigenvalue weighted by Gasteiger charge is -1.98. The average molecular weight is 226 g/mol. The molecule has 66 valence electrons. The maximum atomic E-state index is 11.1. The van der Waals surface area contributed by atoms with Crippen molar-refractivity contribution in [1.29, 1.82) is 0 Å². The molecule has 1 amide bonds. The molecule has 0 aliphatic carbocycles. The number of hydroxylamine groups is 1. The monoisotopic (exact) mass is 225 g/mol. The zero-order valence-electron chi connectivity index (χ0n) is 6.06. The van der Waals surface area contributed by atoms with Gasteiger partial charge in [0.05, 0.1) is 17.0 Å². The number of nitrogens with one attached hydrogen (secondary N) is 1. The van der Waals surface area contributed by atoms with Crippen LogP contribution in [0.4, 0.5) is 0 Å². The summed E-state index contributed by atoms with van der Waals surface area (Å²) < 4.78 is 0.829. The number of carbonyl (C=O) groups is 1. The van der Waals surface area contributed by atoms with Crippen LogP contribution in [0.2, 0.25) is 8.67 Å². The number of rotatable bonds is 2. The second-order valence-corrected chi connectivity index (χ2v) is 4.16. The second kappa shape index (κ2) is 4.09. The van der Waals surface area contributed by atoms with Gasteiger partial charge in [-0.1, -0.05) is 23.2 Å². The second-order valence-electron chi connectivity index (χ2n) is 1.87. The van der Waals surface area contributed by atoms with Crippen molar-refractivity contribution in [1.82, 2.24) is 5.48 Å². The van der Waals surface area contributed by atoms with Gasteiger partial charge in [-0.05, 0) is 6.07 Å². The summed E-state index contributed by atoms with van der Waals surface area (Å²) in [6.45, 7) is 0. The van der Waals surface area contributed by atoms with E-state index in [2.05, 4.69) is 10.3 Å². The molecule has 0 atom stereocenters. The zero-order chi connectivity index (χ0) is 9.14. The Kier molecular flexibility index (Phi) is 3.34. The summed E-state index contributed by atoms with van der Waals surface area (Å²) in [4.78, 5) is 15.5. The number of hydrogen-bond acceptors (Lipinski definition) is 3. The molecule has 0 unspecified atom stereocenters. The summed E-state index contributed by atoms with van der Waals surface area (Å²) >= 11 is 12.5. The fourth-order valence-corrected chi connectivity index (χ4v) is 2.10. The molecular weight excluding hydrogens is 221 g/mol. The van der Waals surface area contributed by atoms with E-state index in [1.165, 1.54) is 13.2 Å². The van der Waals surface area contributed by atoms with Crippen LogP contribution in [0.25, 0.3) is 0 Å². The van der Waals surface area contributed by atoms with Crippen molar-refractivity contribution in [3.63, 3.8) is 0 Å². The molecule has 6 heteroatoms. The first-order valence-corrected chi connectivity index (χ1v) is 4.50. The molecule has 3 nitrogen and oxygen atoms in total. The number of amides is 1. The first-order valence-electron chi connectivity index (χ1n) is 2.93. The van der Waals surface area contributed by atoms with Gasteiger partial charge in [-0.15, -0.1) is 11.3 Å². The van der Waals surface area contributed by atoms with Gasteiger partial charge in [-0.2, -0.15) is 0 Å². The van der Waals surface area contributed by atoms with Crippen LogP contribution < -0.4 is 5.48 Å². The Labute approximate surface area is 83.2 Å². The van der Waals surface area contributed by atoms with Crippen molar-refractivity contribution in [2.45, 2.75) is 0 Å². The van der Waals surface area contributed by atoms with E-state index >= 15 is 0 Å². The van der Waals surface area contributed by atoms with Crippen LogP contribution in [0.1, 0.15) is 10.4 Å². The Hall–Kier alpha value is -0.290. The highest BCUT2D eigenvalue weighted by atomic mass is 35.5. The first-order chi connectivity index (χ1) is 5.65. The summed E-state index contributed by atoms with van der Waals surface area (Å²) in [5.74, 6) is -0.398. The molecule has 0 spiro atoms. The smallest absolute Gasteiger partial charge is 0.277 e. The molecule has 1 N–H and O–H groups in total. The Morgan fingerprint density at radius 2 is 2.33 bits per heavy atom. The lowest BCUT2D eigenvalue weighted by molar-refractivity contribution is 0.0538. The van der Waals surface area contributed by atoms with Crippen molar-refractivity contribution in [2.75, 3.05) is 7.11 Å². The van der Waals surface area contributed by atoms with Crippen LogP contribution in [0, 0.1) is 0 Å². The predicted molar refractivity (Wildman–Crippen MR) is 48.8 cm³/mol. The molecular formula is C6H5Cl2NO2S. The van der Waals surface area contributed by atoms with Crippen LogP contribution in [-0.2, 0) is 4.84 Å². The van der Waals surface area contributed by atoms with Crippen molar-refractivity contribution in [3.05, 3.63) is 20.3 Å². The topological polar surface area (TPSA) is 38.3 Å². The quantitative estimate of drug-likeness (QED) is 0.786. The minimum atomic E-state index is -0.398. The normalized spacial score (nSPS) is 9.92. The van der Waals surface area contributed by atoms with Gasteiger partial charge in [0.1, 0.15) is 4.34 Å². The van der Waals surface area contributed by atoms with E-state index in [1.54, 1.807) is 0 Å². The maximum Gasteiger partial charge on any atom is 0.277 e. The molecule has 1 aromatic heterocycles. The Bertz CT molecular complexity index is 300. The molecule has 0 bridgehead atoms. The van der Waals surface area contributed by atoms with Crippen molar-refractivity contribution < 1.29 is 9.63 Å². The molecule has 0 fully saturated rings. The van der Waals surface area contributed by atoms with Crippen LogP contribution in [0.3, 0.4) is 0 Å². The van der Waals surface area contributed by atoms with Gasteiger partial charge in [-0.25, -0.2) is 5.48 Å². The Morgan fingerprint density at radius 1 is 1.67 bits per heavy atom. The van der Waals surface area contributed by atoms with E-state index < -0.39 is 5.91 Å². The van der Waals surface area contributed by atoms with E-state index in [0.717, 1.165) is 11.3 Å². The van der Waals surface area contributed by atoms with Gasteiger partial charge < -0.3 is 0 Å². The van der Waals surface area contributed by atoms with Gasteiger partial charge >= 0.3 is 0 Å². The third kappa shape index (κ3) is 2.10. The van der Waals surface area contributed by atoms with Crippen LogP contribution in [-0.4, -0.2) is 13.0 Å². The number of halogens is 2. The van der Waals surface area contributed by atoms with E-state index in [9.17, 15) is 4.79 Å². The molecule has 1 rings (SSSR count). The third-order valence-corrected chi connectivity index (χ3v) is 2.58. The van der Waals surface area contributed by atoms with E-state index in [1.807, 2.05) is 0 Å².